The van der Waals surface area contributed by atoms with Crippen LogP contribution in [0.3, 0.4) is 0 Å². The molecule has 0 amide bonds. The van der Waals surface area contributed by atoms with E-state index < -0.39 is 0 Å². The first-order chi connectivity index (χ1) is 15.2. The zero-order chi connectivity index (χ0) is 21.2. The minimum Gasteiger partial charge on any atom is -0.258 e. The van der Waals surface area contributed by atoms with Crippen LogP contribution in [-0.4, -0.2) is 9.91 Å². The van der Waals surface area contributed by atoms with Gasteiger partial charge in [0.1, 0.15) is 0 Å². The fourth-order valence-electron chi connectivity index (χ4n) is 3.82. The molecule has 0 aliphatic heterocycles. The number of rotatable bonds is 4. The standard InChI is InChI=1S/C27H18N2O2/c30-29(31)23-15-11-19(12-16-23)10-13-22-18-26(21-7-2-1-3-8-21)28-25-17-14-20-6-4-5-9-24(20)27(22)25/h1-18H/b13-10-. The van der Waals surface area contributed by atoms with Crippen molar-refractivity contribution in [1.82, 2.24) is 4.98 Å². The van der Waals surface area contributed by atoms with Crippen molar-refractivity contribution in [2.24, 2.45) is 0 Å². The number of hydrogen-bond acceptors (Lipinski definition) is 3. The minimum absolute atomic E-state index is 0.0869. The Morgan fingerprint density at radius 1 is 0.774 bits per heavy atom. The maximum atomic E-state index is 10.9. The lowest BCUT2D eigenvalue weighted by Gasteiger charge is -2.10. The van der Waals surface area contributed by atoms with Gasteiger partial charge in [-0.3, -0.25) is 10.1 Å². The average Bonchev–Trinajstić information content (AvgIpc) is 2.83. The molecule has 0 bridgehead atoms. The van der Waals surface area contributed by atoms with Crippen molar-refractivity contribution in [3.05, 3.63) is 118 Å². The molecule has 0 saturated heterocycles. The summed E-state index contributed by atoms with van der Waals surface area (Å²) in [7, 11) is 0. The highest BCUT2D eigenvalue weighted by molar-refractivity contribution is 6.11. The molecule has 0 N–H and O–H groups in total. The molecule has 5 aromatic rings. The van der Waals surface area contributed by atoms with Crippen LogP contribution in [0.4, 0.5) is 5.69 Å². The Morgan fingerprint density at radius 3 is 2.29 bits per heavy atom. The van der Waals surface area contributed by atoms with E-state index in [9.17, 15) is 10.1 Å². The Morgan fingerprint density at radius 2 is 1.52 bits per heavy atom. The molecular weight excluding hydrogens is 384 g/mol. The molecule has 5 rings (SSSR count). The van der Waals surface area contributed by atoms with Gasteiger partial charge in [0.2, 0.25) is 0 Å². The molecule has 31 heavy (non-hydrogen) atoms. The van der Waals surface area contributed by atoms with Crippen LogP contribution in [0.1, 0.15) is 11.1 Å². The average molecular weight is 402 g/mol. The van der Waals surface area contributed by atoms with E-state index in [4.69, 9.17) is 4.98 Å². The summed E-state index contributed by atoms with van der Waals surface area (Å²) in [5.74, 6) is 0. The van der Waals surface area contributed by atoms with Crippen molar-refractivity contribution in [3.63, 3.8) is 0 Å². The molecule has 0 spiro atoms. The maximum Gasteiger partial charge on any atom is 0.269 e. The van der Waals surface area contributed by atoms with Crippen molar-refractivity contribution in [1.29, 1.82) is 0 Å². The fourth-order valence-corrected chi connectivity index (χ4v) is 3.82. The van der Waals surface area contributed by atoms with Crippen molar-refractivity contribution in [2.45, 2.75) is 0 Å². The van der Waals surface area contributed by atoms with Crippen LogP contribution < -0.4 is 0 Å². The molecule has 0 fully saturated rings. The van der Waals surface area contributed by atoms with Crippen LogP contribution in [0.25, 0.3) is 45.1 Å². The Labute approximate surface area is 179 Å². The number of nitrogens with zero attached hydrogens (tertiary/aromatic N) is 2. The SMILES string of the molecule is O=[N+]([O-])c1ccc(/C=C\c2cc(-c3ccccc3)nc3ccc4ccccc4c23)cc1. The maximum absolute atomic E-state index is 10.9. The molecule has 0 atom stereocenters. The normalized spacial score (nSPS) is 11.4. The summed E-state index contributed by atoms with van der Waals surface area (Å²) in [6, 6.07) is 31.2. The van der Waals surface area contributed by atoms with Crippen molar-refractivity contribution in [3.8, 4) is 11.3 Å². The van der Waals surface area contributed by atoms with Gasteiger partial charge in [-0.05, 0) is 46.2 Å². The molecular formula is C27H18N2O2. The van der Waals surface area contributed by atoms with Crippen molar-refractivity contribution < 1.29 is 4.92 Å². The lowest BCUT2D eigenvalue weighted by atomic mass is 9.98. The lowest BCUT2D eigenvalue weighted by molar-refractivity contribution is -0.384. The zero-order valence-corrected chi connectivity index (χ0v) is 16.6. The Kier molecular flexibility index (Phi) is 4.73. The van der Waals surface area contributed by atoms with E-state index in [1.54, 1.807) is 12.1 Å². The predicted molar refractivity (Wildman–Crippen MR) is 127 cm³/mol. The van der Waals surface area contributed by atoms with Gasteiger partial charge >= 0.3 is 0 Å². The van der Waals surface area contributed by atoms with Crippen LogP contribution >= 0.6 is 0 Å². The first-order valence-electron chi connectivity index (χ1n) is 9.99. The third-order valence-corrected chi connectivity index (χ3v) is 5.36. The largest absolute Gasteiger partial charge is 0.269 e. The van der Waals surface area contributed by atoms with E-state index in [1.165, 1.54) is 12.1 Å². The van der Waals surface area contributed by atoms with E-state index in [2.05, 4.69) is 48.5 Å². The number of nitro groups is 1. The zero-order valence-electron chi connectivity index (χ0n) is 16.6. The highest BCUT2D eigenvalue weighted by Crippen LogP contribution is 2.32. The molecule has 4 heteroatoms. The second-order valence-electron chi connectivity index (χ2n) is 7.33. The smallest absolute Gasteiger partial charge is 0.258 e. The van der Waals surface area contributed by atoms with E-state index in [0.717, 1.165) is 44.1 Å². The molecule has 4 aromatic carbocycles. The fraction of sp³-hybridized carbons (Fsp3) is 0. The van der Waals surface area contributed by atoms with Gasteiger partial charge in [-0.15, -0.1) is 0 Å². The summed E-state index contributed by atoms with van der Waals surface area (Å²) >= 11 is 0. The summed E-state index contributed by atoms with van der Waals surface area (Å²) in [4.78, 5) is 15.5. The summed E-state index contributed by atoms with van der Waals surface area (Å²) in [6.45, 7) is 0. The summed E-state index contributed by atoms with van der Waals surface area (Å²) < 4.78 is 0. The third-order valence-electron chi connectivity index (χ3n) is 5.36. The molecule has 4 nitrogen and oxygen atoms in total. The number of aromatic nitrogens is 1. The van der Waals surface area contributed by atoms with Gasteiger partial charge in [0.25, 0.3) is 5.69 Å². The molecule has 0 unspecified atom stereocenters. The first kappa shape index (κ1) is 18.7. The van der Waals surface area contributed by atoms with Crippen molar-refractivity contribution >= 4 is 39.5 Å². The predicted octanol–water partition coefficient (Wildman–Crippen LogP) is 7.13. The number of nitro benzene ring substituents is 1. The van der Waals surface area contributed by atoms with E-state index >= 15 is 0 Å². The molecule has 1 aromatic heterocycles. The number of hydrogen-bond donors (Lipinski definition) is 0. The van der Waals surface area contributed by atoms with E-state index in [-0.39, 0.29) is 10.6 Å². The number of fused-ring (bicyclic) bond motifs is 3. The second kappa shape index (κ2) is 7.84. The molecule has 0 saturated carbocycles. The van der Waals surface area contributed by atoms with E-state index in [1.807, 2.05) is 36.4 Å². The Hall–Kier alpha value is -4.31. The van der Waals surface area contributed by atoms with Gasteiger partial charge in [-0.25, -0.2) is 4.98 Å². The highest BCUT2D eigenvalue weighted by Gasteiger charge is 2.10. The van der Waals surface area contributed by atoms with Crippen LogP contribution in [0.15, 0.2) is 97.1 Å². The second-order valence-corrected chi connectivity index (χ2v) is 7.33. The monoisotopic (exact) mass is 402 g/mol. The summed E-state index contributed by atoms with van der Waals surface area (Å²) in [5.41, 5.74) is 4.94. The van der Waals surface area contributed by atoms with Crippen molar-refractivity contribution in [2.75, 3.05) is 0 Å². The van der Waals surface area contributed by atoms with Crippen LogP contribution in [-0.2, 0) is 0 Å². The number of non-ortho nitro benzene ring substituents is 1. The van der Waals surface area contributed by atoms with Gasteiger partial charge in [0.15, 0.2) is 0 Å². The molecule has 148 valence electrons. The molecule has 0 aliphatic rings. The van der Waals surface area contributed by atoms with Crippen LogP contribution in [0.5, 0.6) is 0 Å². The summed E-state index contributed by atoms with van der Waals surface area (Å²) in [6.07, 6.45) is 4.04. The van der Waals surface area contributed by atoms with Gasteiger partial charge in [-0.2, -0.15) is 0 Å². The number of pyridine rings is 1. The van der Waals surface area contributed by atoms with Crippen LogP contribution in [0.2, 0.25) is 0 Å². The first-order valence-corrected chi connectivity index (χ1v) is 9.99. The van der Waals surface area contributed by atoms with E-state index in [0.29, 0.717) is 0 Å². The molecule has 0 aliphatic carbocycles. The molecule has 1 heterocycles. The Balaban J connectivity index is 1.70. The quantitative estimate of drug-likeness (QED) is 0.182. The third kappa shape index (κ3) is 3.67. The number of benzene rings is 4. The van der Waals surface area contributed by atoms with Gasteiger partial charge in [-0.1, -0.05) is 72.8 Å². The topological polar surface area (TPSA) is 56.0 Å². The van der Waals surface area contributed by atoms with Gasteiger partial charge < -0.3 is 0 Å². The molecule has 0 radical (unpaired) electrons. The minimum atomic E-state index is -0.387. The van der Waals surface area contributed by atoms with Crippen LogP contribution in [0, 0.1) is 10.1 Å². The summed E-state index contributed by atoms with van der Waals surface area (Å²) in [5, 5.41) is 14.3. The Bertz CT molecular complexity index is 1440. The highest BCUT2D eigenvalue weighted by atomic mass is 16.6. The lowest BCUT2D eigenvalue weighted by Crippen LogP contribution is -1.90. The van der Waals surface area contributed by atoms with Gasteiger partial charge in [0, 0.05) is 23.1 Å². The van der Waals surface area contributed by atoms with Gasteiger partial charge in [0.05, 0.1) is 16.1 Å².